The average molecular weight is 535 g/mol. The maximum Gasteiger partial charge on any atom is 0.326 e. The number of carboxylic acids is 1. The molecule has 6 heteroatoms. The second kappa shape index (κ2) is 11.3. The molecule has 2 N–H and O–H groups in total. The highest BCUT2D eigenvalue weighted by molar-refractivity contribution is 5.87. The summed E-state index contributed by atoms with van der Waals surface area (Å²) in [6, 6.07) is 14.7. The molecule has 2 fully saturated rings. The summed E-state index contributed by atoms with van der Waals surface area (Å²) in [5.41, 5.74) is 2.82. The standard InChI is InChI=1S/C33H46N2O4/c1-32(2,3)24-17-18-25(39-7)23(19-24)20-34-27-26(33(4,5)6)29(31(37)38)35(30(36)22-15-11-12-16-22)28(27)21-13-9-8-10-14-21/h8-10,13-14,17-19,22,26-29,34H,11-12,15-16,20H2,1-7H3,(H,37,38)/t26-,27-,28-,29-/m0/s1. The molecular weight excluding hydrogens is 488 g/mol. The van der Waals surface area contributed by atoms with Crippen molar-refractivity contribution in [1.82, 2.24) is 10.2 Å². The Balaban J connectivity index is 1.81. The Morgan fingerprint density at radius 1 is 1.00 bits per heavy atom. The number of aliphatic carboxylic acids is 1. The summed E-state index contributed by atoms with van der Waals surface area (Å²) in [5, 5.41) is 14.4. The number of carboxylic acid groups (broad SMARTS) is 1. The van der Waals surface area contributed by atoms with E-state index < -0.39 is 12.0 Å². The quantitative estimate of drug-likeness (QED) is 0.433. The number of benzene rings is 2. The molecule has 6 nitrogen and oxygen atoms in total. The molecule has 4 atom stereocenters. The first-order valence-electron chi connectivity index (χ1n) is 14.3. The van der Waals surface area contributed by atoms with Gasteiger partial charge >= 0.3 is 5.97 Å². The number of nitrogens with zero attached hydrogens (tertiary/aromatic N) is 1. The van der Waals surface area contributed by atoms with Crippen molar-refractivity contribution in [3.8, 4) is 5.75 Å². The number of likely N-dealkylation sites (tertiary alicyclic amines) is 1. The number of carbonyl (C=O) groups excluding carboxylic acids is 1. The molecule has 1 amide bonds. The molecule has 2 aromatic carbocycles. The van der Waals surface area contributed by atoms with E-state index in [0.717, 1.165) is 42.6 Å². The summed E-state index contributed by atoms with van der Waals surface area (Å²) in [6.45, 7) is 13.3. The van der Waals surface area contributed by atoms with Crippen molar-refractivity contribution in [2.75, 3.05) is 7.11 Å². The minimum atomic E-state index is -0.932. The summed E-state index contributed by atoms with van der Waals surface area (Å²) >= 11 is 0. The van der Waals surface area contributed by atoms with Crippen LogP contribution < -0.4 is 10.1 Å². The lowest BCUT2D eigenvalue weighted by Gasteiger charge is -2.35. The van der Waals surface area contributed by atoms with E-state index in [0.29, 0.717) is 6.54 Å². The Labute approximate surface area is 234 Å². The zero-order chi connectivity index (χ0) is 28.5. The fourth-order valence-corrected chi connectivity index (χ4v) is 6.72. The molecule has 1 saturated heterocycles. The third-order valence-corrected chi connectivity index (χ3v) is 8.69. The predicted molar refractivity (Wildman–Crippen MR) is 155 cm³/mol. The number of hydrogen-bond donors (Lipinski definition) is 2. The minimum absolute atomic E-state index is 0.0142. The fourth-order valence-electron chi connectivity index (χ4n) is 6.72. The van der Waals surface area contributed by atoms with Crippen LogP contribution in [0, 0.1) is 17.3 Å². The largest absolute Gasteiger partial charge is 0.496 e. The van der Waals surface area contributed by atoms with Crippen LogP contribution in [-0.2, 0) is 21.5 Å². The molecule has 2 aromatic rings. The van der Waals surface area contributed by atoms with Crippen LogP contribution in [0.25, 0.3) is 0 Å². The van der Waals surface area contributed by atoms with Gasteiger partial charge in [-0.1, -0.05) is 96.8 Å². The first kappa shape index (κ1) is 29.1. The molecule has 0 radical (unpaired) electrons. The molecule has 0 spiro atoms. The number of ether oxygens (including phenoxy) is 1. The maximum atomic E-state index is 14.1. The summed E-state index contributed by atoms with van der Waals surface area (Å²) < 4.78 is 5.72. The monoisotopic (exact) mass is 534 g/mol. The van der Waals surface area contributed by atoms with E-state index >= 15 is 0 Å². The van der Waals surface area contributed by atoms with E-state index in [1.54, 1.807) is 12.0 Å². The summed E-state index contributed by atoms with van der Waals surface area (Å²) in [7, 11) is 1.68. The van der Waals surface area contributed by atoms with Crippen molar-refractivity contribution >= 4 is 11.9 Å². The molecule has 0 aromatic heterocycles. The van der Waals surface area contributed by atoms with Gasteiger partial charge in [0.2, 0.25) is 5.91 Å². The molecule has 0 bridgehead atoms. The van der Waals surface area contributed by atoms with E-state index in [1.807, 2.05) is 36.4 Å². The molecule has 0 unspecified atom stereocenters. The highest BCUT2D eigenvalue weighted by Gasteiger charge is 2.58. The molecule has 1 aliphatic carbocycles. The first-order valence-corrected chi connectivity index (χ1v) is 14.3. The third kappa shape index (κ3) is 6.01. The molecule has 1 saturated carbocycles. The van der Waals surface area contributed by atoms with Gasteiger partial charge in [0.25, 0.3) is 0 Å². The first-order chi connectivity index (χ1) is 18.3. The average Bonchev–Trinajstić information content (AvgIpc) is 3.53. The van der Waals surface area contributed by atoms with Crippen LogP contribution in [-0.4, -0.2) is 41.1 Å². The van der Waals surface area contributed by atoms with Crippen LogP contribution in [0.5, 0.6) is 5.75 Å². The van der Waals surface area contributed by atoms with Gasteiger partial charge in [0, 0.05) is 30.0 Å². The van der Waals surface area contributed by atoms with Gasteiger partial charge in [0.1, 0.15) is 11.8 Å². The zero-order valence-electron chi connectivity index (χ0n) is 24.7. The normalized spacial score (nSPS) is 24.2. The Kier molecular flexibility index (Phi) is 8.46. The van der Waals surface area contributed by atoms with E-state index in [1.165, 1.54) is 5.56 Å². The van der Waals surface area contributed by atoms with Crippen molar-refractivity contribution in [2.45, 2.75) is 97.3 Å². The van der Waals surface area contributed by atoms with Crippen molar-refractivity contribution < 1.29 is 19.4 Å². The van der Waals surface area contributed by atoms with Gasteiger partial charge in [-0.05, 0) is 40.9 Å². The molecule has 39 heavy (non-hydrogen) atoms. The van der Waals surface area contributed by atoms with Gasteiger partial charge in [0.15, 0.2) is 0 Å². The molecule has 212 valence electrons. The summed E-state index contributed by atoms with van der Waals surface area (Å²) in [5.74, 6) is -0.562. The smallest absolute Gasteiger partial charge is 0.326 e. The molecule has 4 rings (SSSR count). The van der Waals surface area contributed by atoms with Crippen molar-refractivity contribution in [3.05, 3.63) is 65.2 Å². The van der Waals surface area contributed by atoms with Crippen LogP contribution in [0.15, 0.2) is 48.5 Å². The van der Waals surface area contributed by atoms with Gasteiger partial charge in [-0.2, -0.15) is 0 Å². The van der Waals surface area contributed by atoms with Gasteiger partial charge < -0.3 is 20.1 Å². The number of rotatable bonds is 7. The molecular formula is C33H46N2O4. The number of carbonyl (C=O) groups is 2. The molecule has 1 aliphatic heterocycles. The zero-order valence-corrected chi connectivity index (χ0v) is 24.7. The van der Waals surface area contributed by atoms with Crippen LogP contribution in [0.2, 0.25) is 0 Å². The lowest BCUT2D eigenvalue weighted by molar-refractivity contribution is -0.154. The van der Waals surface area contributed by atoms with E-state index in [2.05, 4.69) is 59.0 Å². The van der Waals surface area contributed by atoms with Crippen molar-refractivity contribution in [1.29, 1.82) is 0 Å². The van der Waals surface area contributed by atoms with E-state index in [-0.39, 0.29) is 40.7 Å². The van der Waals surface area contributed by atoms with Gasteiger partial charge in [-0.25, -0.2) is 4.79 Å². The molecule has 2 aliphatic rings. The Hall–Kier alpha value is -2.86. The third-order valence-electron chi connectivity index (χ3n) is 8.69. The Bertz CT molecular complexity index is 1160. The second-order valence-electron chi connectivity index (χ2n) is 13.4. The lowest BCUT2D eigenvalue weighted by atomic mass is 9.72. The van der Waals surface area contributed by atoms with Crippen LogP contribution in [0.3, 0.4) is 0 Å². The van der Waals surface area contributed by atoms with Gasteiger partial charge in [-0.3, -0.25) is 4.79 Å². The lowest BCUT2D eigenvalue weighted by Crippen LogP contribution is -2.49. The highest BCUT2D eigenvalue weighted by atomic mass is 16.5. The predicted octanol–water partition coefficient (Wildman–Crippen LogP) is 6.34. The van der Waals surface area contributed by atoms with Crippen molar-refractivity contribution in [3.63, 3.8) is 0 Å². The second-order valence-corrected chi connectivity index (χ2v) is 13.4. The minimum Gasteiger partial charge on any atom is -0.496 e. The topological polar surface area (TPSA) is 78.9 Å². The Morgan fingerprint density at radius 2 is 1.64 bits per heavy atom. The van der Waals surface area contributed by atoms with Crippen LogP contribution in [0.4, 0.5) is 0 Å². The summed E-state index contributed by atoms with van der Waals surface area (Å²) in [6.07, 6.45) is 3.70. The Morgan fingerprint density at radius 3 is 2.18 bits per heavy atom. The van der Waals surface area contributed by atoms with E-state index in [4.69, 9.17) is 4.74 Å². The van der Waals surface area contributed by atoms with Crippen LogP contribution in [0.1, 0.15) is 90.0 Å². The number of hydrogen-bond acceptors (Lipinski definition) is 4. The highest BCUT2D eigenvalue weighted by Crippen LogP contribution is 2.49. The molecule has 1 heterocycles. The van der Waals surface area contributed by atoms with Crippen molar-refractivity contribution in [2.24, 2.45) is 17.3 Å². The fraction of sp³-hybridized carbons (Fsp3) is 0.576. The van der Waals surface area contributed by atoms with Gasteiger partial charge in [-0.15, -0.1) is 0 Å². The number of methoxy groups -OCH3 is 1. The number of amides is 1. The summed E-state index contributed by atoms with van der Waals surface area (Å²) in [4.78, 5) is 28.8. The number of nitrogens with one attached hydrogen (secondary N) is 1. The van der Waals surface area contributed by atoms with Crippen LogP contribution >= 0.6 is 0 Å². The van der Waals surface area contributed by atoms with E-state index in [9.17, 15) is 14.7 Å². The SMILES string of the molecule is COc1ccc(C(C)(C)C)cc1CN[C@H]1[C@H](C(C)(C)C)[C@@H](C(=O)O)N(C(=O)C2CCCC2)[C@H]1c1ccccc1. The maximum absolute atomic E-state index is 14.1. The van der Waals surface area contributed by atoms with Gasteiger partial charge in [0.05, 0.1) is 13.2 Å².